The van der Waals surface area contributed by atoms with E-state index in [1.54, 1.807) is 12.1 Å². The molecule has 0 unspecified atom stereocenters. The second-order valence-corrected chi connectivity index (χ2v) is 6.97. The van der Waals surface area contributed by atoms with E-state index in [0.717, 1.165) is 25.7 Å². The molecule has 3 N–H and O–H groups in total. The molecular weight excluding hydrogens is 315 g/mol. The molecule has 1 saturated carbocycles. The fourth-order valence-corrected chi connectivity index (χ4v) is 3.65. The van der Waals surface area contributed by atoms with Crippen LogP contribution < -0.4 is 11.1 Å². The number of benzene rings is 1. The molecule has 0 saturated heterocycles. The van der Waals surface area contributed by atoms with Gasteiger partial charge in [0.15, 0.2) is 0 Å². The van der Waals surface area contributed by atoms with E-state index in [1.165, 1.54) is 0 Å². The molecule has 0 radical (unpaired) electrons. The van der Waals surface area contributed by atoms with Crippen LogP contribution in [0.5, 0.6) is 0 Å². The molecule has 1 amide bonds. The zero-order valence-electron chi connectivity index (χ0n) is 11.3. The molecule has 0 aromatic heterocycles. The Morgan fingerprint density at radius 2 is 1.95 bits per heavy atom. The van der Waals surface area contributed by atoms with Gasteiger partial charge in [-0.3, -0.25) is 4.79 Å². The van der Waals surface area contributed by atoms with Crippen molar-refractivity contribution in [2.75, 3.05) is 12.0 Å². The molecule has 1 aliphatic rings. The summed E-state index contributed by atoms with van der Waals surface area (Å²) in [6.07, 6.45) is 6.42. The Hall–Kier alpha value is -0.580. The molecule has 0 heterocycles. The molecule has 1 fully saturated rings. The van der Waals surface area contributed by atoms with Crippen LogP contribution in [0.2, 0.25) is 10.0 Å². The molecule has 110 valence electrons. The van der Waals surface area contributed by atoms with E-state index < -0.39 is 0 Å². The van der Waals surface area contributed by atoms with Crippen LogP contribution in [0.4, 0.5) is 5.69 Å². The summed E-state index contributed by atoms with van der Waals surface area (Å²) >= 11 is 13.9. The van der Waals surface area contributed by atoms with Crippen LogP contribution in [-0.4, -0.2) is 23.5 Å². The van der Waals surface area contributed by atoms with E-state index >= 15 is 0 Å². The van der Waals surface area contributed by atoms with E-state index in [0.29, 0.717) is 21.5 Å². The Bertz CT molecular complexity index is 502. The normalized spacial score (nSPS) is 22.6. The summed E-state index contributed by atoms with van der Waals surface area (Å²) in [6.45, 7) is 0. The van der Waals surface area contributed by atoms with Crippen molar-refractivity contribution in [2.24, 2.45) is 0 Å². The highest BCUT2D eigenvalue weighted by molar-refractivity contribution is 7.99. The number of amides is 1. The summed E-state index contributed by atoms with van der Waals surface area (Å²) in [5, 5.41) is 4.31. The minimum absolute atomic E-state index is 0.197. The summed E-state index contributed by atoms with van der Waals surface area (Å²) in [7, 11) is 0. The van der Waals surface area contributed by atoms with E-state index in [2.05, 4.69) is 11.6 Å². The maximum Gasteiger partial charge on any atom is 0.253 e. The first-order chi connectivity index (χ1) is 9.51. The van der Waals surface area contributed by atoms with Gasteiger partial charge in [0.1, 0.15) is 0 Å². The number of carbonyl (C=O) groups excluding carboxylic acids is 1. The monoisotopic (exact) mass is 332 g/mol. The van der Waals surface area contributed by atoms with Crippen LogP contribution in [0.3, 0.4) is 0 Å². The molecule has 1 aromatic rings. The van der Waals surface area contributed by atoms with Crippen molar-refractivity contribution in [3.63, 3.8) is 0 Å². The number of anilines is 1. The first-order valence-electron chi connectivity index (χ1n) is 6.59. The third-order valence-electron chi connectivity index (χ3n) is 3.64. The third kappa shape index (κ3) is 3.74. The van der Waals surface area contributed by atoms with Crippen molar-refractivity contribution < 1.29 is 4.79 Å². The molecule has 2 rings (SSSR count). The molecule has 1 aliphatic carbocycles. The number of thioether (sulfide) groups is 1. The maximum absolute atomic E-state index is 12.3. The molecule has 1 aromatic carbocycles. The SMILES string of the molecule is CSC1CCC(NC(=O)c2cc(N)cc(Cl)c2Cl)CC1. The van der Waals surface area contributed by atoms with Gasteiger partial charge in [0, 0.05) is 17.0 Å². The molecular formula is C14H18Cl2N2OS. The Labute approximate surface area is 133 Å². The number of nitrogens with two attached hydrogens (primary N) is 1. The zero-order chi connectivity index (χ0) is 14.7. The average Bonchev–Trinajstić information content (AvgIpc) is 2.43. The maximum atomic E-state index is 12.3. The minimum Gasteiger partial charge on any atom is -0.399 e. The fraction of sp³-hybridized carbons (Fsp3) is 0.500. The van der Waals surface area contributed by atoms with Gasteiger partial charge < -0.3 is 11.1 Å². The lowest BCUT2D eigenvalue weighted by Crippen LogP contribution is -2.38. The summed E-state index contributed by atoms with van der Waals surface area (Å²) in [5.41, 5.74) is 6.50. The van der Waals surface area contributed by atoms with Crippen LogP contribution in [-0.2, 0) is 0 Å². The van der Waals surface area contributed by atoms with Crippen molar-refractivity contribution in [1.29, 1.82) is 0 Å². The predicted octanol–water partition coefficient (Wildman–Crippen LogP) is 3.98. The first kappa shape index (κ1) is 15.8. The third-order valence-corrected chi connectivity index (χ3v) is 5.58. The quantitative estimate of drug-likeness (QED) is 0.823. The minimum atomic E-state index is -0.197. The van der Waals surface area contributed by atoms with E-state index in [9.17, 15) is 4.79 Å². The molecule has 0 atom stereocenters. The van der Waals surface area contributed by atoms with Gasteiger partial charge in [-0.05, 0) is 44.1 Å². The molecule has 0 bridgehead atoms. The van der Waals surface area contributed by atoms with Gasteiger partial charge in [-0.15, -0.1) is 0 Å². The smallest absolute Gasteiger partial charge is 0.253 e. The van der Waals surface area contributed by atoms with Crippen molar-refractivity contribution in [2.45, 2.75) is 37.0 Å². The number of nitrogens with one attached hydrogen (secondary N) is 1. The largest absolute Gasteiger partial charge is 0.399 e. The summed E-state index contributed by atoms with van der Waals surface area (Å²) in [6, 6.07) is 3.32. The summed E-state index contributed by atoms with van der Waals surface area (Å²) in [5.74, 6) is -0.197. The molecule has 0 aliphatic heterocycles. The Kier molecular flexibility index (Phi) is 5.47. The van der Waals surface area contributed by atoms with E-state index in [1.807, 2.05) is 11.8 Å². The first-order valence-corrected chi connectivity index (χ1v) is 8.63. The lowest BCUT2D eigenvalue weighted by molar-refractivity contribution is 0.0928. The van der Waals surface area contributed by atoms with Crippen molar-refractivity contribution in [3.05, 3.63) is 27.7 Å². The summed E-state index contributed by atoms with van der Waals surface area (Å²) in [4.78, 5) is 12.3. The van der Waals surface area contributed by atoms with Gasteiger partial charge in [0.25, 0.3) is 5.91 Å². The van der Waals surface area contributed by atoms with Gasteiger partial charge in [0.2, 0.25) is 0 Å². The van der Waals surface area contributed by atoms with Gasteiger partial charge in [0.05, 0.1) is 15.6 Å². The molecule has 3 nitrogen and oxygen atoms in total. The van der Waals surface area contributed by atoms with Crippen molar-refractivity contribution in [1.82, 2.24) is 5.32 Å². The van der Waals surface area contributed by atoms with Gasteiger partial charge in [-0.2, -0.15) is 11.8 Å². The highest BCUT2D eigenvalue weighted by Gasteiger charge is 2.23. The predicted molar refractivity (Wildman–Crippen MR) is 87.9 cm³/mol. The number of halogens is 2. The lowest BCUT2D eigenvalue weighted by atomic mass is 9.94. The average molecular weight is 333 g/mol. The number of hydrogen-bond donors (Lipinski definition) is 2. The second-order valence-electron chi connectivity index (χ2n) is 5.05. The van der Waals surface area contributed by atoms with Gasteiger partial charge >= 0.3 is 0 Å². The lowest BCUT2D eigenvalue weighted by Gasteiger charge is -2.28. The molecule has 6 heteroatoms. The standard InChI is InChI=1S/C14H18Cl2N2OS/c1-20-10-4-2-9(3-5-10)18-14(19)11-6-8(17)7-12(15)13(11)16/h6-7,9-10H,2-5,17H2,1H3,(H,18,19). The Morgan fingerprint density at radius 1 is 1.30 bits per heavy atom. The van der Waals surface area contributed by atoms with Crippen LogP contribution in [0.25, 0.3) is 0 Å². The van der Waals surface area contributed by atoms with Crippen LogP contribution in [0.1, 0.15) is 36.0 Å². The van der Waals surface area contributed by atoms with Crippen LogP contribution in [0.15, 0.2) is 12.1 Å². The van der Waals surface area contributed by atoms with E-state index in [-0.39, 0.29) is 17.0 Å². The highest BCUT2D eigenvalue weighted by Crippen LogP contribution is 2.30. The number of nitrogen functional groups attached to an aromatic ring is 1. The van der Waals surface area contributed by atoms with Gasteiger partial charge in [-0.1, -0.05) is 23.2 Å². The number of rotatable bonds is 3. The molecule has 0 spiro atoms. The van der Waals surface area contributed by atoms with Crippen molar-refractivity contribution in [3.8, 4) is 0 Å². The fourth-order valence-electron chi connectivity index (χ4n) is 2.48. The van der Waals surface area contributed by atoms with Gasteiger partial charge in [-0.25, -0.2) is 0 Å². The van der Waals surface area contributed by atoms with Crippen molar-refractivity contribution >= 4 is 46.6 Å². The van der Waals surface area contributed by atoms with E-state index in [4.69, 9.17) is 28.9 Å². The summed E-state index contributed by atoms with van der Waals surface area (Å²) < 4.78 is 0. The molecule has 20 heavy (non-hydrogen) atoms. The second kappa shape index (κ2) is 6.92. The van der Waals surface area contributed by atoms with Crippen LogP contribution in [0, 0.1) is 0 Å². The highest BCUT2D eigenvalue weighted by atomic mass is 35.5. The number of hydrogen-bond acceptors (Lipinski definition) is 3. The Morgan fingerprint density at radius 3 is 2.55 bits per heavy atom. The number of carbonyl (C=O) groups is 1. The zero-order valence-corrected chi connectivity index (χ0v) is 13.6. The Balaban J connectivity index is 2.02. The van der Waals surface area contributed by atoms with Crippen LogP contribution >= 0.6 is 35.0 Å². The topological polar surface area (TPSA) is 55.1 Å².